The Kier molecular flexibility index (Phi) is 7.02. The highest BCUT2D eigenvalue weighted by molar-refractivity contribution is 5.71. The van der Waals surface area contributed by atoms with Crippen molar-refractivity contribution in [3.05, 3.63) is 23.8 Å². The summed E-state index contributed by atoms with van der Waals surface area (Å²) in [5.74, 6) is 1.96. The third kappa shape index (κ3) is 5.56. The van der Waals surface area contributed by atoms with E-state index in [1.54, 1.807) is 7.05 Å². The zero-order valence-electron chi connectivity index (χ0n) is 11.0. The van der Waals surface area contributed by atoms with Crippen molar-refractivity contribution >= 4 is 6.21 Å². The van der Waals surface area contributed by atoms with Gasteiger partial charge in [-0.3, -0.25) is 4.99 Å². The van der Waals surface area contributed by atoms with Crippen molar-refractivity contribution in [2.75, 3.05) is 7.05 Å². The number of aliphatic imine (C=N–C) groups is 1. The van der Waals surface area contributed by atoms with E-state index in [1.807, 2.05) is 12.3 Å². The summed E-state index contributed by atoms with van der Waals surface area (Å²) in [4.78, 5) is 3.92. The lowest BCUT2D eigenvalue weighted by Gasteiger charge is -2.22. The van der Waals surface area contributed by atoms with Gasteiger partial charge < -0.3 is 0 Å². The second-order valence-electron chi connectivity index (χ2n) is 4.65. The van der Waals surface area contributed by atoms with Crippen molar-refractivity contribution in [2.45, 2.75) is 34.6 Å². The second-order valence-corrected chi connectivity index (χ2v) is 4.65. The third-order valence-electron chi connectivity index (χ3n) is 2.83. The predicted octanol–water partition coefficient (Wildman–Crippen LogP) is 4.12. The molecule has 1 nitrogen and oxygen atoms in total. The Morgan fingerprint density at radius 3 is 2.00 bits per heavy atom. The maximum absolute atomic E-state index is 3.92. The maximum atomic E-state index is 3.92. The van der Waals surface area contributed by atoms with E-state index < -0.39 is 0 Å². The van der Waals surface area contributed by atoms with Gasteiger partial charge >= 0.3 is 0 Å². The number of hydrogen-bond donors (Lipinski definition) is 0. The topological polar surface area (TPSA) is 12.4 Å². The monoisotopic (exact) mass is 207 g/mol. The molecule has 0 saturated carbocycles. The van der Waals surface area contributed by atoms with E-state index in [9.17, 15) is 0 Å². The number of hydrogen-bond acceptors (Lipinski definition) is 1. The van der Waals surface area contributed by atoms with Crippen molar-refractivity contribution < 1.29 is 0 Å². The average Bonchev–Trinajstić information content (AvgIpc) is 2.16. The Morgan fingerprint density at radius 1 is 1.00 bits per heavy atom. The molecule has 0 radical (unpaired) electrons. The lowest BCUT2D eigenvalue weighted by molar-refractivity contribution is 0.444. The van der Waals surface area contributed by atoms with Gasteiger partial charge in [-0.2, -0.15) is 0 Å². The minimum Gasteiger partial charge on any atom is -0.297 e. The van der Waals surface area contributed by atoms with Gasteiger partial charge in [0.2, 0.25) is 0 Å². The summed E-state index contributed by atoms with van der Waals surface area (Å²) in [5, 5.41) is 0. The molecule has 0 aliphatic rings. The molecule has 0 aromatic carbocycles. The van der Waals surface area contributed by atoms with Crippen LogP contribution in [-0.4, -0.2) is 13.3 Å². The quantitative estimate of drug-likeness (QED) is 0.475. The first-order valence-corrected chi connectivity index (χ1v) is 5.79. The van der Waals surface area contributed by atoms with Gasteiger partial charge in [0, 0.05) is 13.3 Å². The van der Waals surface area contributed by atoms with Gasteiger partial charge in [0.15, 0.2) is 0 Å². The van der Waals surface area contributed by atoms with E-state index in [2.05, 4.69) is 51.8 Å². The third-order valence-corrected chi connectivity index (χ3v) is 2.83. The van der Waals surface area contributed by atoms with Crippen LogP contribution in [0.1, 0.15) is 34.6 Å². The van der Waals surface area contributed by atoms with E-state index in [1.165, 1.54) is 5.57 Å². The molecule has 0 aliphatic heterocycles. The lowest BCUT2D eigenvalue weighted by Crippen LogP contribution is -2.11. The Balaban J connectivity index is 4.66. The molecule has 0 amide bonds. The van der Waals surface area contributed by atoms with Crippen LogP contribution in [0.25, 0.3) is 0 Å². The molecule has 0 fully saturated rings. The van der Waals surface area contributed by atoms with Crippen molar-refractivity contribution in [1.82, 2.24) is 0 Å². The summed E-state index contributed by atoms with van der Waals surface area (Å²) in [6.07, 6.45) is 8.11. The highest BCUT2D eigenvalue weighted by Crippen LogP contribution is 2.25. The van der Waals surface area contributed by atoms with Crippen LogP contribution in [0.2, 0.25) is 0 Å². The fourth-order valence-electron chi connectivity index (χ4n) is 1.56. The number of rotatable bonds is 5. The molecule has 0 rings (SSSR count). The summed E-state index contributed by atoms with van der Waals surface area (Å²) < 4.78 is 0. The summed E-state index contributed by atoms with van der Waals surface area (Å²) in [5.41, 5.74) is 1.52. The Bertz CT molecular complexity index is 244. The van der Waals surface area contributed by atoms with Crippen molar-refractivity contribution in [3.63, 3.8) is 0 Å². The molecular formula is C14H25N. The van der Waals surface area contributed by atoms with Crippen LogP contribution in [0.5, 0.6) is 0 Å². The number of nitrogens with zero attached hydrogens (tertiary/aromatic N) is 1. The number of allylic oxidation sites excluding steroid dienone is 4. The maximum Gasteiger partial charge on any atom is 0.0277 e. The summed E-state index contributed by atoms with van der Waals surface area (Å²) in [7, 11) is 1.79. The highest BCUT2D eigenvalue weighted by Gasteiger charge is 2.14. The molecule has 0 heterocycles. The van der Waals surface area contributed by atoms with Gasteiger partial charge in [-0.1, -0.05) is 52.3 Å². The summed E-state index contributed by atoms with van der Waals surface area (Å²) in [6, 6.07) is 0. The zero-order chi connectivity index (χ0) is 11.8. The standard InChI is InChI=1S/C14H25N/c1-11(2)13(5)14(12(3)4)9-7-8-10-15-6/h7-13H,1-6H3/b8-7-,14-9?,15-10-. The summed E-state index contributed by atoms with van der Waals surface area (Å²) >= 11 is 0. The Hall–Kier alpha value is -0.850. The smallest absolute Gasteiger partial charge is 0.0277 e. The molecule has 0 aliphatic carbocycles. The molecule has 1 unspecified atom stereocenters. The van der Waals surface area contributed by atoms with Gasteiger partial charge in [-0.15, -0.1) is 0 Å². The molecule has 0 aromatic heterocycles. The van der Waals surface area contributed by atoms with Gasteiger partial charge in [0.05, 0.1) is 0 Å². The molecule has 1 heteroatoms. The van der Waals surface area contributed by atoms with Crippen LogP contribution in [-0.2, 0) is 0 Å². The molecule has 0 spiro atoms. The molecule has 0 saturated heterocycles. The molecule has 15 heavy (non-hydrogen) atoms. The molecule has 0 N–H and O–H groups in total. The van der Waals surface area contributed by atoms with E-state index in [0.717, 1.165) is 0 Å². The van der Waals surface area contributed by atoms with E-state index in [-0.39, 0.29) is 0 Å². The van der Waals surface area contributed by atoms with Crippen molar-refractivity contribution in [3.8, 4) is 0 Å². The average molecular weight is 207 g/mol. The fraction of sp³-hybridized carbons (Fsp3) is 0.643. The van der Waals surface area contributed by atoms with E-state index in [4.69, 9.17) is 0 Å². The van der Waals surface area contributed by atoms with Gasteiger partial charge in [-0.05, 0) is 23.8 Å². The summed E-state index contributed by atoms with van der Waals surface area (Å²) in [6.45, 7) is 11.4. The highest BCUT2D eigenvalue weighted by atomic mass is 14.6. The molecule has 0 bridgehead atoms. The van der Waals surface area contributed by atoms with Crippen LogP contribution in [0.15, 0.2) is 28.8 Å². The van der Waals surface area contributed by atoms with Crippen LogP contribution in [0, 0.1) is 17.8 Å². The molecule has 1 atom stereocenters. The van der Waals surface area contributed by atoms with Gasteiger partial charge in [-0.25, -0.2) is 0 Å². The predicted molar refractivity (Wildman–Crippen MR) is 70.5 cm³/mol. The first-order chi connectivity index (χ1) is 7.00. The second kappa shape index (κ2) is 7.44. The van der Waals surface area contributed by atoms with Crippen molar-refractivity contribution in [2.24, 2.45) is 22.7 Å². The Labute approximate surface area is 95.0 Å². The van der Waals surface area contributed by atoms with E-state index >= 15 is 0 Å². The zero-order valence-corrected chi connectivity index (χ0v) is 11.0. The van der Waals surface area contributed by atoms with Crippen LogP contribution in [0.3, 0.4) is 0 Å². The normalized spacial score (nSPS) is 16.1. The molecule has 0 aromatic rings. The van der Waals surface area contributed by atoms with Crippen LogP contribution in [0.4, 0.5) is 0 Å². The first kappa shape index (κ1) is 14.2. The van der Waals surface area contributed by atoms with E-state index in [0.29, 0.717) is 17.8 Å². The minimum atomic E-state index is 0.616. The first-order valence-electron chi connectivity index (χ1n) is 5.79. The van der Waals surface area contributed by atoms with Crippen LogP contribution < -0.4 is 0 Å². The minimum absolute atomic E-state index is 0.616. The lowest BCUT2D eigenvalue weighted by atomic mass is 9.83. The Morgan fingerprint density at radius 2 is 1.60 bits per heavy atom. The molecular weight excluding hydrogens is 182 g/mol. The molecule has 86 valence electrons. The van der Waals surface area contributed by atoms with Gasteiger partial charge in [0.25, 0.3) is 0 Å². The SMILES string of the molecule is C/N=C\C=C/C=C(C(C)C)C(C)C(C)C. The van der Waals surface area contributed by atoms with Crippen LogP contribution >= 0.6 is 0 Å². The van der Waals surface area contributed by atoms with Crippen molar-refractivity contribution in [1.29, 1.82) is 0 Å². The van der Waals surface area contributed by atoms with Gasteiger partial charge in [0.1, 0.15) is 0 Å². The largest absolute Gasteiger partial charge is 0.297 e. The fourth-order valence-corrected chi connectivity index (χ4v) is 1.56.